The predicted molar refractivity (Wildman–Crippen MR) is 135 cm³/mol. The van der Waals surface area contributed by atoms with Crippen molar-refractivity contribution in [3.63, 3.8) is 0 Å². The minimum absolute atomic E-state index is 0.140. The standard InChI is InChI=1S/C28H19N3O2S/c29-18-20-8-4-5-9-21(20)19-34-28-30-26-13-7-6-12-25(26)27(32)31(28)22-14-16-24(17-15-22)33-23-10-2-1-3-11-23/h1-17H,19H2. The van der Waals surface area contributed by atoms with Gasteiger partial charge in [0.2, 0.25) is 0 Å². The van der Waals surface area contributed by atoms with Gasteiger partial charge >= 0.3 is 0 Å². The molecule has 0 bridgehead atoms. The minimum Gasteiger partial charge on any atom is -0.457 e. The summed E-state index contributed by atoms with van der Waals surface area (Å²) in [6, 6.07) is 33.9. The topological polar surface area (TPSA) is 67.9 Å². The van der Waals surface area contributed by atoms with Crippen molar-refractivity contribution in [3.05, 3.63) is 125 Å². The number of benzene rings is 4. The molecule has 164 valence electrons. The van der Waals surface area contributed by atoms with E-state index in [1.54, 1.807) is 16.7 Å². The van der Waals surface area contributed by atoms with Crippen molar-refractivity contribution in [1.82, 2.24) is 9.55 Å². The molecule has 0 spiro atoms. The van der Waals surface area contributed by atoms with E-state index in [-0.39, 0.29) is 5.56 Å². The Bertz CT molecular complexity index is 1560. The largest absolute Gasteiger partial charge is 0.457 e. The molecule has 0 aliphatic rings. The smallest absolute Gasteiger partial charge is 0.266 e. The molecular weight excluding hydrogens is 442 g/mol. The molecule has 0 atom stereocenters. The highest BCUT2D eigenvalue weighted by molar-refractivity contribution is 7.98. The maximum atomic E-state index is 13.5. The average molecular weight is 462 g/mol. The van der Waals surface area contributed by atoms with Gasteiger partial charge in [0.05, 0.1) is 28.2 Å². The molecule has 0 aliphatic carbocycles. The van der Waals surface area contributed by atoms with Crippen molar-refractivity contribution in [2.24, 2.45) is 0 Å². The van der Waals surface area contributed by atoms with Crippen molar-refractivity contribution in [2.45, 2.75) is 10.9 Å². The zero-order valence-electron chi connectivity index (χ0n) is 18.1. The Balaban J connectivity index is 1.53. The maximum Gasteiger partial charge on any atom is 0.266 e. The minimum atomic E-state index is -0.140. The lowest BCUT2D eigenvalue weighted by Gasteiger charge is -2.14. The first-order valence-corrected chi connectivity index (χ1v) is 11.7. The zero-order valence-corrected chi connectivity index (χ0v) is 18.9. The van der Waals surface area contributed by atoms with Crippen LogP contribution < -0.4 is 10.3 Å². The van der Waals surface area contributed by atoms with E-state index < -0.39 is 0 Å². The van der Waals surface area contributed by atoms with E-state index in [4.69, 9.17) is 9.72 Å². The molecule has 34 heavy (non-hydrogen) atoms. The van der Waals surface area contributed by atoms with Crippen LogP contribution in [0.25, 0.3) is 16.6 Å². The van der Waals surface area contributed by atoms with E-state index in [1.165, 1.54) is 11.8 Å². The average Bonchev–Trinajstić information content (AvgIpc) is 2.89. The highest BCUT2D eigenvalue weighted by Crippen LogP contribution is 2.27. The molecule has 1 heterocycles. The zero-order chi connectivity index (χ0) is 23.3. The van der Waals surface area contributed by atoms with Crippen LogP contribution in [-0.4, -0.2) is 9.55 Å². The van der Waals surface area contributed by atoms with Crippen molar-refractivity contribution >= 4 is 22.7 Å². The van der Waals surface area contributed by atoms with Gasteiger partial charge in [-0.25, -0.2) is 4.98 Å². The van der Waals surface area contributed by atoms with Crippen molar-refractivity contribution < 1.29 is 4.74 Å². The number of hydrogen-bond acceptors (Lipinski definition) is 5. The number of fused-ring (bicyclic) bond motifs is 1. The molecule has 5 rings (SSSR count). The summed E-state index contributed by atoms with van der Waals surface area (Å²) in [4.78, 5) is 18.3. The molecule has 1 aromatic heterocycles. The third-order valence-electron chi connectivity index (χ3n) is 5.31. The lowest BCUT2D eigenvalue weighted by Crippen LogP contribution is -2.21. The van der Waals surface area contributed by atoms with Gasteiger partial charge in [0.1, 0.15) is 11.5 Å². The maximum absolute atomic E-state index is 13.5. The molecule has 0 amide bonds. The monoisotopic (exact) mass is 461 g/mol. The number of rotatable bonds is 6. The van der Waals surface area contributed by atoms with Crippen molar-refractivity contribution in [2.75, 3.05) is 0 Å². The molecule has 0 fully saturated rings. The molecule has 0 saturated carbocycles. The Labute approximate surface area is 200 Å². The Kier molecular flexibility index (Phi) is 6.11. The fraction of sp³-hybridized carbons (Fsp3) is 0.0357. The Morgan fingerprint density at radius 3 is 2.29 bits per heavy atom. The van der Waals surface area contributed by atoms with Gasteiger partial charge in [-0.15, -0.1) is 0 Å². The van der Waals surface area contributed by atoms with Gasteiger partial charge in [-0.05, 0) is 60.2 Å². The summed E-state index contributed by atoms with van der Waals surface area (Å²) in [7, 11) is 0. The second-order valence-corrected chi connectivity index (χ2v) is 8.46. The fourth-order valence-corrected chi connectivity index (χ4v) is 4.64. The quantitative estimate of drug-likeness (QED) is 0.218. The van der Waals surface area contributed by atoms with Crippen LogP contribution in [0, 0.1) is 11.3 Å². The molecule has 4 aromatic carbocycles. The van der Waals surface area contributed by atoms with E-state index in [2.05, 4.69) is 6.07 Å². The number of hydrogen-bond donors (Lipinski definition) is 0. The van der Waals surface area contributed by atoms with E-state index >= 15 is 0 Å². The van der Waals surface area contributed by atoms with Crippen LogP contribution in [0.2, 0.25) is 0 Å². The first kappa shape index (κ1) is 21.5. The number of ether oxygens (including phenoxy) is 1. The van der Waals surface area contributed by atoms with Gasteiger partial charge in [0, 0.05) is 5.75 Å². The normalized spacial score (nSPS) is 10.7. The third-order valence-corrected chi connectivity index (χ3v) is 6.30. The van der Waals surface area contributed by atoms with Crippen LogP contribution in [0.4, 0.5) is 0 Å². The number of nitrogens with zero attached hydrogens (tertiary/aromatic N) is 3. The highest BCUT2D eigenvalue weighted by Gasteiger charge is 2.14. The van der Waals surface area contributed by atoms with Gasteiger partial charge < -0.3 is 4.74 Å². The second kappa shape index (κ2) is 9.65. The molecule has 0 saturated heterocycles. The highest BCUT2D eigenvalue weighted by atomic mass is 32.2. The van der Waals surface area contributed by atoms with E-state index in [9.17, 15) is 10.1 Å². The Morgan fingerprint density at radius 2 is 1.50 bits per heavy atom. The molecule has 5 nitrogen and oxygen atoms in total. The third kappa shape index (κ3) is 4.42. The molecule has 0 N–H and O–H groups in total. The molecule has 5 aromatic rings. The van der Waals surface area contributed by atoms with Gasteiger partial charge in [0.25, 0.3) is 5.56 Å². The predicted octanol–water partition coefficient (Wildman–Crippen LogP) is 6.34. The summed E-state index contributed by atoms with van der Waals surface area (Å²) in [5.74, 6) is 1.94. The summed E-state index contributed by atoms with van der Waals surface area (Å²) >= 11 is 1.43. The van der Waals surface area contributed by atoms with Crippen LogP contribution in [0.15, 0.2) is 113 Å². The first-order chi connectivity index (χ1) is 16.7. The molecule has 6 heteroatoms. The van der Waals surface area contributed by atoms with Crippen LogP contribution in [0.3, 0.4) is 0 Å². The SMILES string of the molecule is N#Cc1ccccc1CSc1nc2ccccc2c(=O)n1-c1ccc(Oc2ccccc2)cc1. The fourth-order valence-electron chi connectivity index (χ4n) is 3.62. The van der Waals surface area contributed by atoms with E-state index in [0.717, 1.165) is 11.3 Å². The summed E-state index contributed by atoms with van der Waals surface area (Å²) in [5.41, 5.74) is 2.71. The van der Waals surface area contributed by atoms with Crippen molar-refractivity contribution in [1.29, 1.82) is 5.26 Å². The number of thioether (sulfide) groups is 1. The number of para-hydroxylation sites is 2. The Morgan fingerprint density at radius 1 is 0.824 bits per heavy atom. The Hall–Kier alpha value is -4.34. The van der Waals surface area contributed by atoms with Gasteiger partial charge in [-0.1, -0.05) is 60.3 Å². The van der Waals surface area contributed by atoms with Crippen LogP contribution in [0.5, 0.6) is 11.5 Å². The molecule has 0 radical (unpaired) electrons. The summed E-state index contributed by atoms with van der Waals surface area (Å²) in [5, 5.41) is 10.5. The summed E-state index contributed by atoms with van der Waals surface area (Å²) in [6.45, 7) is 0. The second-order valence-electron chi connectivity index (χ2n) is 7.52. The lowest BCUT2D eigenvalue weighted by molar-refractivity contribution is 0.482. The first-order valence-electron chi connectivity index (χ1n) is 10.7. The van der Waals surface area contributed by atoms with Gasteiger partial charge in [0.15, 0.2) is 5.16 Å². The van der Waals surface area contributed by atoms with Crippen LogP contribution in [-0.2, 0) is 5.75 Å². The summed E-state index contributed by atoms with van der Waals surface area (Å²) < 4.78 is 7.51. The van der Waals surface area contributed by atoms with E-state index in [1.807, 2.05) is 91.0 Å². The lowest BCUT2D eigenvalue weighted by atomic mass is 10.1. The van der Waals surface area contributed by atoms with Gasteiger partial charge in [-0.3, -0.25) is 9.36 Å². The number of nitriles is 1. The van der Waals surface area contributed by atoms with Crippen LogP contribution in [0.1, 0.15) is 11.1 Å². The number of aromatic nitrogens is 2. The molecular formula is C28H19N3O2S. The molecule has 0 unspecified atom stereocenters. The van der Waals surface area contributed by atoms with Crippen LogP contribution >= 0.6 is 11.8 Å². The van der Waals surface area contributed by atoms with Gasteiger partial charge in [-0.2, -0.15) is 5.26 Å². The summed E-state index contributed by atoms with van der Waals surface area (Å²) in [6.07, 6.45) is 0. The van der Waals surface area contributed by atoms with Crippen molar-refractivity contribution in [3.8, 4) is 23.3 Å². The van der Waals surface area contributed by atoms with E-state index in [0.29, 0.717) is 38.8 Å². The molecule has 0 aliphatic heterocycles.